The fourth-order valence-electron chi connectivity index (χ4n) is 3.40. The normalized spacial score (nSPS) is 23.0. The first kappa shape index (κ1) is 16.3. The fraction of sp³-hybridized carbons (Fsp3) is 0.722. The molecular formula is C18H30N2O. The molecule has 0 bridgehead atoms. The molecule has 1 aliphatic carbocycles. The van der Waals surface area contributed by atoms with Crippen LogP contribution in [-0.2, 0) is 0 Å². The zero-order chi connectivity index (χ0) is 15.1. The Morgan fingerprint density at radius 1 is 1.29 bits per heavy atom. The van der Waals surface area contributed by atoms with E-state index in [2.05, 4.69) is 24.1 Å². The second kappa shape index (κ2) is 8.38. The first-order chi connectivity index (χ1) is 10.2. The van der Waals surface area contributed by atoms with Gasteiger partial charge in [-0.25, -0.2) is 0 Å². The van der Waals surface area contributed by atoms with Crippen LogP contribution in [0.1, 0.15) is 57.6 Å². The van der Waals surface area contributed by atoms with Gasteiger partial charge in [0, 0.05) is 12.1 Å². The molecule has 0 spiro atoms. The first-order valence-corrected chi connectivity index (χ1v) is 8.42. The number of pyridine rings is 1. The van der Waals surface area contributed by atoms with Crippen molar-refractivity contribution in [2.24, 2.45) is 11.8 Å². The number of ether oxygens (including phenoxy) is 1. The van der Waals surface area contributed by atoms with Gasteiger partial charge < -0.3 is 10.1 Å². The summed E-state index contributed by atoms with van der Waals surface area (Å²) >= 11 is 0. The SMILES string of the molecule is COc1cccnc1C1CCCCCC1CNCC(C)C. The third-order valence-electron chi connectivity index (χ3n) is 4.49. The Balaban J connectivity index is 2.11. The number of methoxy groups -OCH3 is 1. The third-order valence-corrected chi connectivity index (χ3v) is 4.49. The van der Waals surface area contributed by atoms with Crippen LogP contribution in [-0.4, -0.2) is 25.2 Å². The lowest BCUT2D eigenvalue weighted by Crippen LogP contribution is -2.30. The van der Waals surface area contributed by atoms with Crippen molar-refractivity contribution < 1.29 is 4.74 Å². The van der Waals surface area contributed by atoms with E-state index in [4.69, 9.17) is 4.74 Å². The maximum Gasteiger partial charge on any atom is 0.140 e. The molecule has 1 aliphatic rings. The van der Waals surface area contributed by atoms with Crippen LogP contribution in [0.15, 0.2) is 18.3 Å². The molecule has 2 unspecified atom stereocenters. The Kier molecular flexibility index (Phi) is 6.50. The lowest BCUT2D eigenvalue weighted by Gasteiger charge is -2.26. The average molecular weight is 290 g/mol. The monoisotopic (exact) mass is 290 g/mol. The smallest absolute Gasteiger partial charge is 0.140 e. The van der Waals surface area contributed by atoms with Crippen molar-refractivity contribution in [2.45, 2.75) is 51.9 Å². The zero-order valence-corrected chi connectivity index (χ0v) is 13.8. The highest BCUT2D eigenvalue weighted by atomic mass is 16.5. The molecule has 0 radical (unpaired) electrons. The van der Waals surface area contributed by atoms with E-state index >= 15 is 0 Å². The minimum Gasteiger partial charge on any atom is -0.495 e. The lowest BCUT2D eigenvalue weighted by molar-refractivity contribution is 0.342. The molecule has 21 heavy (non-hydrogen) atoms. The van der Waals surface area contributed by atoms with Crippen LogP contribution in [0.5, 0.6) is 5.75 Å². The molecule has 1 aromatic heterocycles. The van der Waals surface area contributed by atoms with Crippen LogP contribution < -0.4 is 10.1 Å². The van der Waals surface area contributed by atoms with Crippen LogP contribution in [0.25, 0.3) is 0 Å². The van der Waals surface area contributed by atoms with E-state index in [0.717, 1.165) is 18.8 Å². The van der Waals surface area contributed by atoms with Crippen molar-refractivity contribution in [3.8, 4) is 5.75 Å². The molecule has 3 heteroatoms. The molecule has 1 saturated carbocycles. The number of hydrogen-bond acceptors (Lipinski definition) is 3. The molecular weight excluding hydrogens is 260 g/mol. The Hall–Kier alpha value is -1.09. The molecule has 0 aliphatic heterocycles. The number of hydrogen-bond donors (Lipinski definition) is 1. The first-order valence-electron chi connectivity index (χ1n) is 8.42. The largest absolute Gasteiger partial charge is 0.495 e. The summed E-state index contributed by atoms with van der Waals surface area (Å²) in [7, 11) is 1.75. The van der Waals surface area contributed by atoms with Gasteiger partial charge in [0.25, 0.3) is 0 Å². The van der Waals surface area contributed by atoms with Gasteiger partial charge in [-0.1, -0.05) is 33.1 Å². The topological polar surface area (TPSA) is 34.1 Å². The lowest BCUT2D eigenvalue weighted by atomic mass is 9.84. The summed E-state index contributed by atoms with van der Waals surface area (Å²) in [6.07, 6.45) is 8.45. The van der Waals surface area contributed by atoms with Gasteiger partial charge in [-0.05, 0) is 49.9 Å². The van der Waals surface area contributed by atoms with E-state index in [9.17, 15) is 0 Å². The summed E-state index contributed by atoms with van der Waals surface area (Å²) in [6.45, 7) is 6.73. The van der Waals surface area contributed by atoms with Crippen LogP contribution in [0.2, 0.25) is 0 Å². The highest BCUT2D eigenvalue weighted by Crippen LogP contribution is 2.38. The van der Waals surface area contributed by atoms with Crippen LogP contribution in [0.4, 0.5) is 0 Å². The summed E-state index contributed by atoms with van der Waals surface area (Å²) in [6, 6.07) is 4.01. The van der Waals surface area contributed by atoms with Gasteiger partial charge in [0.15, 0.2) is 0 Å². The van der Waals surface area contributed by atoms with Crippen molar-refractivity contribution >= 4 is 0 Å². The highest BCUT2D eigenvalue weighted by Gasteiger charge is 2.28. The predicted octanol–water partition coefficient (Wildman–Crippen LogP) is 4.00. The van der Waals surface area contributed by atoms with Gasteiger partial charge in [-0.3, -0.25) is 4.98 Å². The molecule has 0 amide bonds. The minimum atomic E-state index is 0.531. The Labute approximate surface area is 129 Å². The molecule has 3 nitrogen and oxygen atoms in total. The zero-order valence-electron chi connectivity index (χ0n) is 13.8. The molecule has 1 N–H and O–H groups in total. The Morgan fingerprint density at radius 3 is 2.86 bits per heavy atom. The van der Waals surface area contributed by atoms with Crippen LogP contribution >= 0.6 is 0 Å². The predicted molar refractivity (Wildman–Crippen MR) is 87.8 cm³/mol. The summed E-state index contributed by atoms with van der Waals surface area (Å²) < 4.78 is 5.55. The molecule has 0 aromatic carbocycles. The maximum absolute atomic E-state index is 5.55. The Bertz CT molecular complexity index is 419. The quantitative estimate of drug-likeness (QED) is 0.804. The van der Waals surface area contributed by atoms with Crippen molar-refractivity contribution in [3.63, 3.8) is 0 Å². The summed E-state index contributed by atoms with van der Waals surface area (Å²) in [5.74, 6) is 2.87. The molecule has 1 fully saturated rings. The number of nitrogens with one attached hydrogen (secondary N) is 1. The van der Waals surface area contributed by atoms with E-state index in [0.29, 0.717) is 17.8 Å². The number of rotatable bonds is 6. The van der Waals surface area contributed by atoms with Crippen molar-refractivity contribution in [2.75, 3.05) is 20.2 Å². The van der Waals surface area contributed by atoms with Gasteiger partial charge in [-0.15, -0.1) is 0 Å². The fourth-order valence-corrected chi connectivity index (χ4v) is 3.40. The Morgan fingerprint density at radius 2 is 2.10 bits per heavy atom. The highest BCUT2D eigenvalue weighted by molar-refractivity contribution is 5.30. The van der Waals surface area contributed by atoms with E-state index in [1.165, 1.54) is 37.8 Å². The molecule has 2 rings (SSSR count). The van der Waals surface area contributed by atoms with Crippen LogP contribution in [0, 0.1) is 11.8 Å². The molecule has 1 aromatic rings. The van der Waals surface area contributed by atoms with Gasteiger partial charge in [-0.2, -0.15) is 0 Å². The van der Waals surface area contributed by atoms with Gasteiger partial charge in [0.2, 0.25) is 0 Å². The van der Waals surface area contributed by atoms with E-state index in [-0.39, 0.29) is 0 Å². The number of nitrogens with zero attached hydrogens (tertiary/aromatic N) is 1. The summed E-state index contributed by atoms with van der Waals surface area (Å²) in [5, 5.41) is 3.65. The standard InChI is InChI=1S/C18H30N2O/c1-14(2)12-19-13-15-8-5-4-6-9-16(15)18-17(21-3)10-7-11-20-18/h7,10-11,14-16,19H,4-6,8-9,12-13H2,1-3H3. The van der Waals surface area contributed by atoms with Crippen LogP contribution in [0.3, 0.4) is 0 Å². The van der Waals surface area contributed by atoms with Gasteiger partial charge in [0.05, 0.1) is 12.8 Å². The van der Waals surface area contributed by atoms with Crippen molar-refractivity contribution in [1.29, 1.82) is 0 Å². The molecule has 1 heterocycles. The number of aromatic nitrogens is 1. The van der Waals surface area contributed by atoms with Gasteiger partial charge >= 0.3 is 0 Å². The van der Waals surface area contributed by atoms with E-state index < -0.39 is 0 Å². The second-order valence-electron chi connectivity index (χ2n) is 6.65. The van der Waals surface area contributed by atoms with E-state index in [1.807, 2.05) is 18.3 Å². The minimum absolute atomic E-state index is 0.531. The molecule has 0 saturated heterocycles. The molecule has 2 atom stereocenters. The van der Waals surface area contributed by atoms with Crippen molar-refractivity contribution in [1.82, 2.24) is 10.3 Å². The second-order valence-corrected chi connectivity index (χ2v) is 6.65. The van der Waals surface area contributed by atoms with Crippen molar-refractivity contribution in [3.05, 3.63) is 24.0 Å². The maximum atomic E-state index is 5.55. The van der Waals surface area contributed by atoms with Gasteiger partial charge in [0.1, 0.15) is 5.75 Å². The molecule has 118 valence electrons. The summed E-state index contributed by atoms with van der Waals surface area (Å²) in [5.41, 5.74) is 1.17. The average Bonchev–Trinajstić information content (AvgIpc) is 2.72. The summed E-state index contributed by atoms with van der Waals surface area (Å²) in [4.78, 5) is 4.66. The van der Waals surface area contributed by atoms with E-state index in [1.54, 1.807) is 7.11 Å². The third kappa shape index (κ3) is 4.70.